The van der Waals surface area contributed by atoms with E-state index in [0.717, 1.165) is 16.3 Å². The quantitative estimate of drug-likeness (QED) is 0.315. The van der Waals surface area contributed by atoms with Gasteiger partial charge < -0.3 is 20.6 Å². The molecule has 7 nitrogen and oxygen atoms in total. The van der Waals surface area contributed by atoms with Gasteiger partial charge in [-0.1, -0.05) is 90.4 Å². The Labute approximate surface area is 252 Å². The van der Waals surface area contributed by atoms with Crippen molar-refractivity contribution in [1.29, 1.82) is 0 Å². The van der Waals surface area contributed by atoms with Gasteiger partial charge in [0, 0.05) is 22.3 Å². The van der Waals surface area contributed by atoms with E-state index in [1.54, 1.807) is 16.7 Å². The predicted molar refractivity (Wildman–Crippen MR) is 166 cm³/mol. The zero-order chi connectivity index (χ0) is 28.9. The number of carbonyl (C=O) groups is 3. The number of anilines is 1. The molecule has 3 aliphatic rings. The fraction of sp³-hybridized carbons (Fsp3) is 0.406. The Hall–Kier alpha value is -2.88. The summed E-state index contributed by atoms with van der Waals surface area (Å²) in [7, 11) is 0. The Morgan fingerprint density at radius 3 is 2.46 bits per heavy atom. The van der Waals surface area contributed by atoms with E-state index in [9.17, 15) is 19.5 Å². The van der Waals surface area contributed by atoms with E-state index < -0.39 is 28.7 Å². The second kappa shape index (κ2) is 11.1. The minimum atomic E-state index is -0.826. The maximum atomic E-state index is 14.3. The zero-order valence-corrected chi connectivity index (χ0v) is 25.4. The summed E-state index contributed by atoms with van der Waals surface area (Å²) in [5, 5.41) is 18.5. The minimum absolute atomic E-state index is 0.0217. The first-order valence-corrected chi connectivity index (χ1v) is 15.9. The lowest BCUT2D eigenvalue weighted by molar-refractivity contribution is -0.142. The van der Waals surface area contributed by atoms with Crippen LogP contribution in [0.15, 0.2) is 72.8 Å². The summed E-state index contributed by atoms with van der Waals surface area (Å²) in [5.74, 6) is -1.98. The summed E-state index contributed by atoms with van der Waals surface area (Å²) in [5.41, 5.74) is 1.63. The number of halogens is 1. The van der Waals surface area contributed by atoms with Gasteiger partial charge in [0.2, 0.25) is 17.7 Å². The average molecular weight is 637 g/mol. The lowest BCUT2D eigenvalue weighted by Gasteiger charge is -2.38. The molecule has 3 saturated heterocycles. The Balaban J connectivity index is 1.35. The van der Waals surface area contributed by atoms with Crippen LogP contribution >= 0.6 is 27.7 Å². The first-order valence-electron chi connectivity index (χ1n) is 14.1. The molecule has 3 aliphatic heterocycles. The van der Waals surface area contributed by atoms with Crippen molar-refractivity contribution < 1.29 is 19.5 Å². The molecular weight excluding hydrogens is 602 g/mol. The number of fused-ring (bicyclic) bond motifs is 2. The molecule has 3 aromatic rings. The van der Waals surface area contributed by atoms with E-state index in [2.05, 4.69) is 26.6 Å². The van der Waals surface area contributed by atoms with Crippen LogP contribution in [0.25, 0.3) is 10.8 Å². The minimum Gasteiger partial charge on any atom is -0.394 e. The SMILES string of the molecule is CC(C)[C@H](CO)N1C(=O)[C@@H]2[C@H](C(=O)NCc3ccccc3)[C@H]3SC2(CC3Br)C1C(=O)Nc1ccc2ccccc2c1. The third-order valence-electron chi connectivity index (χ3n) is 8.92. The molecule has 3 aromatic carbocycles. The molecule has 41 heavy (non-hydrogen) atoms. The lowest BCUT2D eigenvalue weighted by atomic mass is 9.70. The van der Waals surface area contributed by atoms with Crippen LogP contribution in [0, 0.1) is 17.8 Å². The van der Waals surface area contributed by atoms with Crippen molar-refractivity contribution in [3.05, 3.63) is 78.4 Å². The molecule has 0 saturated carbocycles. The Kier molecular flexibility index (Phi) is 7.63. The van der Waals surface area contributed by atoms with Crippen LogP contribution in [0.4, 0.5) is 5.69 Å². The summed E-state index contributed by atoms with van der Waals surface area (Å²) in [6.45, 7) is 4.00. The standard InChI is InChI=1S/C32H34BrN3O4S/c1-18(2)24(17-37)36-28(30(39)35-22-13-12-20-10-6-7-11-21(20)14-22)32-15-23(33)27(41-32)25(26(32)31(36)40)29(38)34-16-19-8-4-3-5-9-19/h3-14,18,23-28,37H,15-17H2,1-2H3,(H,34,38)(H,35,39)/t23?,24-,25-,26-,27-,28?,32?/m0/s1. The number of amides is 3. The highest BCUT2D eigenvalue weighted by Gasteiger charge is 2.76. The fourth-order valence-corrected chi connectivity index (χ4v) is 10.6. The van der Waals surface area contributed by atoms with Gasteiger partial charge in [-0.05, 0) is 40.8 Å². The van der Waals surface area contributed by atoms with Crippen molar-refractivity contribution in [2.45, 2.75) is 53.7 Å². The van der Waals surface area contributed by atoms with E-state index in [0.29, 0.717) is 18.7 Å². The number of benzene rings is 3. The Morgan fingerprint density at radius 2 is 1.76 bits per heavy atom. The average Bonchev–Trinajstić information content (AvgIpc) is 3.56. The normalized spacial score (nSPS) is 29.1. The summed E-state index contributed by atoms with van der Waals surface area (Å²) >= 11 is 5.41. The van der Waals surface area contributed by atoms with Crippen LogP contribution in [-0.2, 0) is 20.9 Å². The largest absolute Gasteiger partial charge is 0.394 e. The Morgan fingerprint density at radius 1 is 1.05 bits per heavy atom. The predicted octanol–water partition coefficient (Wildman–Crippen LogP) is 4.58. The fourth-order valence-electron chi connectivity index (χ4n) is 7.02. The highest BCUT2D eigenvalue weighted by Crippen LogP contribution is 2.68. The molecule has 7 atom stereocenters. The van der Waals surface area contributed by atoms with Gasteiger partial charge in [0.05, 0.1) is 29.2 Å². The van der Waals surface area contributed by atoms with Gasteiger partial charge in [-0.15, -0.1) is 11.8 Å². The number of carbonyl (C=O) groups excluding carboxylic acids is 3. The first-order chi connectivity index (χ1) is 19.7. The first kappa shape index (κ1) is 28.2. The molecule has 0 aromatic heterocycles. The van der Waals surface area contributed by atoms with Gasteiger partial charge in [-0.3, -0.25) is 14.4 Å². The van der Waals surface area contributed by atoms with Crippen LogP contribution in [0.5, 0.6) is 0 Å². The summed E-state index contributed by atoms with van der Waals surface area (Å²) in [6.07, 6.45) is 0.587. The molecule has 1 spiro atoms. The molecule has 2 bridgehead atoms. The summed E-state index contributed by atoms with van der Waals surface area (Å²) < 4.78 is -0.784. The van der Waals surface area contributed by atoms with Gasteiger partial charge in [-0.25, -0.2) is 0 Å². The Bertz CT molecular complexity index is 1490. The molecular formula is C32H34BrN3O4S. The maximum absolute atomic E-state index is 14.3. The van der Waals surface area contributed by atoms with Crippen LogP contribution in [0.1, 0.15) is 25.8 Å². The number of hydrogen-bond donors (Lipinski definition) is 3. The topological polar surface area (TPSA) is 98.7 Å². The van der Waals surface area contributed by atoms with Crippen molar-refractivity contribution in [2.75, 3.05) is 11.9 Å². The second-order valence-electron chi connectivity index (χ2n) is 11.7. The van der Waals surface area contributed by atoms with E-state index in [-0.39, 0.29) is 40.3 Å². The van der Waals surface area contributed by atoms with Crippen molar-refractivity contribution in [3.8, 4) is 0 Å². The molecule has 0 aliphatic carbocycles. The molecule has 0 radical (unpaired) electrons. The zero-order valence-electron chi connectivity index (χ0n) is 23.0. The molecule has 9 heteroatoms. The van der Waals surface area contributed by atoms with Gasteiger partial charge >= 0.3 is 0 Å². The van der Waals surface area contributed by atoms with E-state index in [4.69, 9.17) is 0 Å². The molecule has 3 amide bonds. The van der Waals surface area contributed by atoms with E-state index >= 15 is 0 Å². The van der Waals surface area contributed by atoms with Gasteiger partial charge in [0.1, 0.15) is 6.04 Å². The van der Waals surface area contributed by atoms with Crippen LogP contribution < -0.4 is 10.6 Å². The number of rotatable bonds is 8. The number of aliphatic hydroxyl groups is 1. The summed E-state index contributed by atoms with van der Waals surface area (Å²) in [6, 6.07) is 22.0. The molecule has 6 rings (SSSR count). The van der Waals surface area contributed by atoms with Crippen LogP contribution in [-0.4, -0.2) is 61.2 Å². The van der Waals surface area contributed by atoms with Crippen LogP contribution in [0.2, 0.25) is 0 Å². The highest BCUT2D eigenvalue weighted by atomic mass is 79.9. The second-order valence-corrected chi connectivity index (χ2v) is 14.4. The van der Waals surface area contributed by atoms with Gasteiger partial charge in [0.15, 0.2) is 0 Å². The third-order valence-corrected chi connectivity index (χ3v) is 12.1. The van der Waals surface area contributed by atoms with E-state index in [1.807, 2.05) is 86.6 Å². The molecule has 3 heterocycles. The monoisotopic (exact) mass is 635 g/mol. The van der Waals surface area contributed by atoms with E-state index in [1.165, 1.54) is 0 Å². The smallest absolute Gasteiger partial charge is 0.248 e. The van der Waals surface area contributed by atoms with Gasteiger partial charge in [0.25, 0.3) is 0 Å². The number of likely N-dealkylation sites (tertiary alicyclic amines) is 1. The number of alkyl halides is 1. The molecule has 3 unspecified atom stereocenters. The lowest BCUT2D eigenvalue weighted by Crippen LogP contribution is -2.56. The highest BCUT2D eigenvalue weighted by molar-refractivity contribution is 9.09. The number of aliphatic hydroxyl groups excluding tert-OH is 1. The van der Waals surface area contributed by atoms with Crippen molar-refractivity contribution in [3.63, 3.8) is 0 Å². The number of thioether (sulfide) groups is 1. The van der Waals surface area contributed by atoms with Gasteiger partial charge in [-0.2, -0.15) is 0 Å². The van der Waals surface area contributed by atoms with Crippen molar-refractivity contribution >= 4 is 61.9 Å². The number of hydrogen-bond acceptors (Lipinski definition) is 5. The summed E-state index contributed by atoms with van der Waals surface area (Å²) in [4.78, 5) is 43.9. The maximum Gasteiger partial charge on any atom is 0.248 e. The molecule has 3 fully saturated rings. The molecule has 214 valence electrons. The number of nitrogens with zero attached hydrogens (tertiary/aromatic N) is 1. The van der Waals surface area contributed by atoms with Crippen molar-refractivity contribution in [2.24, 2.45) is 17.8 Å². The molecule has 3 N–H and O–H groups in total. The number of nitrogens with one attached hydrogen (secondary N) is 2. The van der Waals surface area contributed by atoms with Crippen molar-refractivity contribution in [1.82, 2.24) is 10.2 Å². The van der Waals surface area contributed by atoms with Crippen LogP contribution in [0.3, 0.4) is 0 Å². The third kappa shape index (κ3) is 4.76.